The van der Waals surface area contributed by atoms with Crippen molar-refractivity contribution in [2.75, 3.05) is 10.6 Å². The first-order valence-corrected chi connectivity index (χ1v) is 7.80. The standard InChI is InChI=1S/C16H13IN2O3/c1-9-15(20)19-13-8-10(6-7-14(13)22-9)18-16(21)11-4-2-3-5-12(11)17/h2-9H,1H3,(H,18,21)(H,19,20). The van der Waals surface area contributed by atoms with Crippen molar-refractivity contribution in [3.63, 3.8) is 0 Å². The smallest absolute Gasteiger partial charge is 0.265 e. The van der Waals surface area contributed by atoms with Crippen LogP contribution in [0.3, 0.4) is 0 Å². The molecule has 0 radical (unpaired) electrons. The van der Waals surface area contributed by atoms with E-state index in [4.69, 9.17) is 4.74 Å². The Morgan fingerprint density at radius 3 is 2.82 bits per heavy atom. The second-order valence-corrected chi connectivity index (χ2v) is 6.06. The summed E-state index contributed by atoms with van der Waals surface area (Å²) in [6.07, 6.45) is -0.515. The Morgan fingerprint density at radius 2 is 2.05 bits per heavy atom. The zero-order valence-electron chi connectivity index (χ0n) is 11.7. The summed E-state index contributed by atoms with van der Waals surface area (Å²) in [5.41, 5.74) is 1.76. The largest absolute Gasteiger partial charge is 0.479 e. The lowest BCUT2D eigenvalue weighted by atomic mass is 10.2. The van der Waals surface area contributed by atoms with Gasteiger partial charge in [-0.3, -0.25) is 9.59 Å². The molecular weight excluding hydrogens is 395 g/mol. The number of halogens is 1. The molecule has 6 heteroatoms. The van der Waals surface area contributed by atoms with Crippen molar-refractivity contribution in [2.45, 2.75) is 13.0 Å². The highest BCUT2D eigenvalue weighted by Crippen LogP contribution is 2.32. The molecule has 1 aliphatic rings. The van der Waals surface area contributed by atoms with E-state index in [0.717, 1.165) is 3.57 Å². The van der Waals surface area contributed by atoms with E-state index in [1.165, 1.54) is 0 Å². The highest BCUT2D eigenvalue weighted by molar-refractivity contribution is 14.1. The van der Waals surface area contributed by atoms with E-state index in [9.17, 15) is 9.59 Å². The fourth-order valence-electron chi connectivity index (χ4n) is 2.13. The van der Waals surface area contributed by atoms with Crippen LogP contribution in [-0.4, -0.2) is 17.9 Å². The number of rotatable bonds is 2. The fourth-order valence-corrected chi connectivity index (χ4v) is 2.76. The van der Waals surface area contributed by atoms with Crippen molar-refractivity contribution in [3.8, 4) is 5.75 Å². The van der Waals surface area contributed by atoms with Gasteiger partial charge in [-0.25, -0.2) is 0 Å². The van der Waals surface area contributed by atoms with Gasteiger partial charge in [-0.2, -0.15) is 0 Å². The molecule has 0 saturated carbocycles. The Balaban J connectivity index is 1.82. The van der Waals surface area contributed by atoms with E-state index in [2.05, 4.69) is 33.2 Å². The third kappa shape index (κ3) is 2.92. The van der Waals surface area contributed by atoms with Crippen LogP contribution in [-0.2, 0) is 4.79 Å². The number of nitrogens with one attached hydrogen (secondary N) is 2. The van der Waals surface area contributed by atoms with Crippen LogP contribution in [0.2, 0.25) is 0 Å². The summed E-state index contributed by atoms with van der Waals surface area (Å²) in [6.45, 7) is 1.69. The molecule has 1 atom stereocenters. The van der Waals surface area contributed by atoms with Gasteiger partial charge in [0.1, 0.15) is 5.75 Å². The van der Waals surface area contributed by atoms with Gasteiger partial charge in [0.25, 0.3) is 11.8 Å². The van der Waals surface area contributed by atoms with Gasteiger partial charge >= 0.3 is 0 Å². The predicted octanol–water partition coefficient (Wildman–Crippen LogP) is 3.26. The number of carbonyl (C=O) groups is 2. The molecule has 2 N–H and O–H groups in total. The number of carbonyl (C=O) groups excluding carboxylic acids is 2. The van der Waals surface area contributed by atoms with Gasteiger partial charge < -0.3 is 15.4 Å². The molecule has 5 nitrogen and oxygen atoms in total. The Labute approximate surface area is 141 Å². The number of ether oxygens (including phenoxy) is 1. The first-order valence-electron chi connectivity index (χ1n) is 6.72. The summed E-state index contributed by atoms with van der Waals surface area (Å²) in [5.74, 6) is 0.203. The van der Waals surface area contributed by atoms with Crippen molar-refractivity contribution >= 4 is 45.8 Å². The van der Waals surface area contributed by atoms with Gasteiger partial charge in [0.05, 0.1) is 11.3 Å². The minimum absolute atomic E-state index is 0.193. The molecule has 1 aliphatic heterocycles. The number of amides is 2. The van der Waals surface area contributed by atoms with Gasteiger partial charge in [-0.1, -0.05) is 12.1 Å². The molecule has 22 heavy (non-hydrogen) atoms. The normalized spacial score (nSPS) is 16.3. The summed E-state index contributed by atoms with van der Waals surface area (Å²) in [4.78, 5) is 23.9. The highest BCUT2D eigenvalue weighted by atomic mass is 127. The zero-order chi connectivity index (χ0) is 15.7. The van der Waals surface area contributed by atoms with Crippen LogP contribution in [0.1, 0.15) is 17.3 Å². The van der Waals surface area contributed by atoms with Gasteiger partial charge in [-0.05, 0) is 59.8 Å². The van der Waals surface area contributed by atoms with E-state index < -0.39 is 6.10 Å². The molecule has 0 aliphatic carbocycles. The molecule has 2 aromatic carbocycles. The van der Waals surface area contributed by atoms with Gasteiger partial charge in [0.15, 0.2) is 6.10 Å². The third-order valence-electron chi connectivity index (χ3n) is 3.29. The number of hydrogen-bond donors (Lipinski definition) is 2. The van der Waals surface area contributed by atoms with E-state index in [1.54, 1.807) is 31.2 Å². The Morgan fingerprint density at radius 1 is 1.27 bits per heavy atom. The molecule has 112 valence electrons. The lowest BCUT2D eigenvalue weighted by Crippen LogP contribution is -2.34. The maximum atomic E-state index is 12.3. The molecule has 2 aromatic rings. The SMILES string of the molecule is CC1Oc2ccc(NC(=O)c3ccccc3I)cc2NC1=O. The minimum atomic E-state index is -0.515. The maximum Gasteiger partial charge on any atom is 0.265 e. The van der Waals surface area contributed by atoms with Crippen molar-refractivity contribution < 1.29 is 14.3 Å². The van der Waals surface area contributed by atoms with Gasteiger partial charge in [-0.15, -0.1) is 0 Å². The first kappa shape index (κ1) is 14.8. The van der Waals surface area contributed by atoms with Crippen molar-refractivity contribution in [1.82, 2.24) is 0 Å². The van der Waals surface area contributed by atoms with E-state index in [1.807, 2.05) is 18.2 Å². The number of hydrogen-bond acceptors (Lipinski definition) is 3. The predicted molar refractivity (Wildman–Crippen MR) is 92.3 cm³/mol. The fraction of sp³-hybridized carbons (Fsp3) is 0.125. The molecule has 1 unspecified atom stereocenters. The lowest BCUT2D eigenvalue weighted by molar-refractivity contribution is -0.122. The molecule has 0 aromatic heterocycles. The second kappa shape index (κ2) is 5.96. The van der Waals surface area contributed by atoms with Crippen LogP contribution in [0.15, 0.2) is 42.5 Å². The maximum absolute atomic E-state index is 12.3. The van der Waals surface area contributed by atoms with E-state index in [-0.39, 0.29) is 11.8 Å². The molecule has 3 rings (SSSR count). The minimum Gasteiger partial charge on any atom is -0.479 e. The van der Waals surface area contributed by atoms with Crippen molar-refractivity contribution in [2.24, 2.45) is 0 Å². The van der Waals surface area contributed by atoms with Crippen LogP contribution in [0.4, 0.5) is 11.4 Å². The Bertz CT molecular complexity index is 761. The van der Waals surface area contributed by atoms with Crippen LogP contribution >= 0.6 is 22.6 Å². The third-order valence-corrected chi connectivity index (χ3v) is 4.23. The number of anilines is 2. The van der Waals surface area contributed by atoms with Crippen LogP contribution < -0.4 is 15.4 Å². The zero-order valence-corrected chi connectivity index (χ0v) is 13.9. The second-order valence-electron chi connectivity index (χ2n) is 4.89. The summed E-state index contributed by atoms with van der Waals surface area (Å²) in [7, 11) is 0. The lowest BCUT2D eigenvalue weighted by Gasteiger charge is -2.23. The molecule has 0 spiro atoms. The Hall–Kier alpha value is -2.09. The summed E-state index contributed by atoms with van der Waals surface area (Å²) in [5, 5.41) is 5.58. The summed E-state index contributed by atoms with van der Waals surface area (Å²) in [6, 6.07) is 12.5. The van der Waals surface area contributed by atoms with E-state index >= 15 is 0 Å². The number of fused-ring (bicyclic) bond motifs is 1. The van der Waals surface area contributed by atoms with Crippen LogP contribution in [0.25, 0.3) is 0 Å². The van der Waals surface area contributed by atoms with Crippen LogP contribution in [0, 0.1) is 3.57 Å². The monoisotopic (exact) mass is 408 g/mol. The average molecular weight is 408 g/mol. The highest BCUT2D eigenvalue weighted by Gasteiger charge is 2.23. The van der Waals surface area contributed by atoms with Gasteiger partial charge in [0.2, 0.25) is 0 Å². The molecular formula is C16H13IN2O3. The molecule has 0 bridgehead atoms. The quantitative estimate of drug-likeness (QED) is 0.750. The summed E-state index contributed by atoms with van der Waals surface area (Å²) >= 11 is 2.12. The molecule has 2 amide bonds. The van der Waals surface area contributed by atoms with E-state index in [0.29, 0.717) is 22.7 Å². The Kier molecular flexibility index (Phi) is 4.02. The average Bonchev–Trinajstić information content (AvgIpc) is 2.49. The summed E-state index contributed by atoms with van der Waals surface area (Å²) < 4.78 is 6.36. The first-order chi connectivity index (χ1) is 10.5. The number of benzene rings is 2. The topological polar surface area (TPSA) is 67.4 Å². The van der Waals surface area contributed by atoms with Crippen molar-refractivity contribution in [3.05, 3.63) is 51.6 Å². The molecule has 0 saturated heterocycles. The van der Waals surface area contributed by atoms with Crippen molar-refractivity contribution in [1.29, 1.82) is 0 Å². The molecule has 0 fully saturated rings. The molecule has 1 heterocycles. The van der Waals surface area contributed by atoms with Crippen LogP contribution in [0.5, 0.6) is 5.75 Å². The van der Waals surface area contributed by atoms with Gasteiger partial charge in [0, 0.05) is 9.26 Å².